The number of amides is 1. The zero-order valence-corrected chi connectivity index (χ0v) is 13.6. The first-order valence-electron chi connectivity index (χ1n) is 7.07. The second-order valence-electron chi connectivity index (χ2n) is 4.96. The molecule has 7 nitrogen and oxygen atoms in total. The first-order chi connectivity index (χ1) is 11.2. The molecule has 0 aliphatic heterocycles. The highest BCUT2D eigenvalue weighted by atomic mass is 32.2. The number of benzene rings is 1. The number of halogens is 2. The number of aliphatic carboxylic acids is 1. The summed E-state index contributed by atoms with van der Waals surface area (Å²) in [5, 5.41) is 10.9. The summed E-state index contributed by atoms with van der Waals surface area (Å²) < 4.78 is 50.6. The number of carbonyl (C=O) groups is 2. The highest BCUT2D eigenvalue weighted by Crippen LogP contribution is 2.17. The Morgan fingerprint density at radius 3 is 2.42 bits per heavy atom. The zero-order valence-electron chi connectivity index (χ0n) is 12.8. The third kappa shape index (κ3) is 6.11. The molecule has 0 fully saturated rings. The van der Waals surface area contributed by atoms with Gasteiger partial charge in [0.05, 0.1) is 17.0 Å². The summed E-state index contributed by atoms with van der Waals surface area (Å²) in [6.45, 7) is 1.67. The summed E-state index contributed by atoms with van der Waals surface area (Å²) in [5.74, 6) is -2.72. The number of sulfonamides is 1. The van der Waals surface area contributed by atoms with Crippen LogP contribution in [0.5, 0.6) is 0 Å². The van der Waals surface area contributed by atoms with Crippen molar-refractivity contribution in [1.29, 1.82) is 0 Å². The van der Waals surface area contributed by atoms with Crippen molar-refractivity contribution in [2.75, 3.05) is 10.5 Å². The molecule has 1 rings (SSSR count). The third-order valence-electron chi connectivity index (χ3n) is 2.93. The second-order valence-corrected chi connectivity index (χ2v) is 6.80. The van der Waals surface area contributed by atoms with Crippen molar-refractivity contribution < 1.29 is 31.9 Å². The normalized spacial score (nSPS) is 12.7. The summed E-state index contributed by atoms with van der Waals surface area (Å²) in [6.07, 6.45) is -3.60. The highest BCUT2D eigenvalue weighted by Gasteiger charge is 2.26. The molecule has 1 aromatic carbocycles. The van der Waals surface area contributed by atoms with Gasteiger partial charge in [0, 0.05) is 6.42 Å². The predicted octanol–water partition coefficient (Wildman–Crippen LogP) is 1.68. The van der Waals surface area contributed by atoms with E-state index in [9.17, 15) is 26.8 Å². The minimum Gasteiger partial charge on any atom is -0.480 e. The van der Waals surface area contributed by atoms with Crippen LogP contribution in [0.25, 0.3) is 0 Å². The van der Waals surface area contributed by atoms with Gasteiger partial charge in [-0.15, -0.1) is 0 Å². The maximum atomic E-state index is 12.4. The van der Waals surface area contributed by atoms with E-state index in [2.05, 4.69) is 4.72 Å². The van der Waals surface area contributed by atoms with E-state index in [-0.39, 0.29) is 17.0 Å². The Hall–Kier alpha value is -2.23. The number of anilines is 1. The van der Waals surface area contributed by atoms with Gasteiger partial charge in [-0.05, 0) is 18.6 Å². The lowest BCUT2D eigenvalue weighted by molar-refractivity contribution is -0.140. The van der Waals surface area contributed by atoms with Crippen molar-refractivity contribution in [2.24, 2.45) is 0 Å². The SMILES string of the molecule is CCCS(=O)(=O)Nc1ccccc1C(=O)NC(CC(F)F)C(=O)O. The lowest BCUT2D eigenvalue weighted by Crippen LogP contribution is -2.42. The molecule has 0 aliphatic carbocycles. The Balaban J connectivity index is 3.01. The van der Waals surface area contributed by atoms with Crippen molar-refractivity contribution in [2.45, 2.75) is 32.2 Å². The molecule has 1 unspecified atom stereocenters. The molecule has 134 valence electrons. The van der Waals surface area contributed by atoms with E-state index in [0.717, 1.165) is 0 Å². The number of hydrogen-bond acceptors (Lipinski definition) is 4. The molecule has 3 N–H and O–H groups in total. The molecule has 1 amide bonds. The number of rotatable bonds is 9. The van der Waals surface area contributed by atoms with Gasteiger partial charge >= 0.3 is 5.97 Å². The summed E-state index contributed by atoms with van der Waals surface area (Å²) >= 11 is 0. The number of carbonyl (C=O) groups excluding carboxylic acids is 1. The van der Waals surface area contributed by atoms with Gasteiger partial charge < -0.3 is 10.4 Å². The van der Waals surface area contributed by atoms with Crippen LogP contribution in [0.2, 0.25) is 0 Å². The standard InChI is InChI=1S/C14H18F2N2O5S/c1-2-7-24(22,23)18-10-6-4-3-5-9(10)13(19)17-11(14(20)21)8-12(15)16/h3-6,11-12,18H,2,7-8H2,1H3,(H,17,19)(H,20,21). The Labute approximate surface area is 138 Å². The number of carboxylic acids is 1. The van der Waals surface area contributed by atoms with Gasteiger partial charge in [0.1, 0.15) is 6.04 Å². The molecular formula is C14H18F2N2O5S. The Bertz CT molecular complexity index is 694. The Morgan fingerprint density at radius 1 is 1.25 bits per heavy atom. The molecule has 1 atom stereocenters. The maximum absolute atomic E-state index is 12.4. The van der Waals surface area contributed by atoms with E-state index < -0.39 is 40.8 Å². The molecule has 24 heavy (non-hydrogen) atoms. The van der Waals surface area contributed by atoms with Gasteiger partial charge in [-0.1, -0.05) is 19.1 Å². The summed E-state index contributed by atoms with van der Waals surface area (Å²) in [7, 11) is -3.67. The average Bonchev–Trinajstić information content (AvgIpc) is 2.45. The Kier molecular flexibility index (Phi) is 7.08. The molecule has 10 heteroatoms. The van der Waals surface area contributed by atoms with Crippen molar-refractivity contribution >= 4 is 27.6 Å². The predicted molar refractivity (Wildman–Crippen MR) is 83.7 cm³/mol. The second kappa shape index (κ2) is 8.57. The number of para-hydroxylation sites is 1. The van der Waals surface area contributed by atoms with Gasteiger partial charge in [-0.25, -0.2) is 22.0 Å². The largest absolute Gasteiger partial charge is 0.480 e. The molecule has 0 aliphatic rings. The molecule has 0 bridgehead atoms. The summed E-state index contributed by atoms with van der Waals surface area (Å²) in [5.41, 5.74) is -0.206. The molecule has 1 aromatic rings. The minimum absolute atomic E-state index is 0.0513. The van der Waals surface area contributed by atoms with Crippen LogP contribution in [0.3, 0.4) is 0 Å². The lowest BCUT2D eigenvalue weighted by Gasteiger charge is -2.16. The number of carboxylic acid groups (broad SMARTS) is 1. The van der Waals surface area contributed by atoms with E-state index >= 15 is 0 Å². The minimum atomic E-state index is -3.67. The molecule has 0 saturated carbocycles. The van der Waals surface area contributed by atoms with Crippen molar-refractivity contribution in [3.63, 3.8) is 0 Å². The Morgan fingerprint density at radius 2 is 1.88 bits per heavy atom. The van der Waals surface area contributed by atoms with Crippen LogP contribution in [0.1, 0.15) is 30.1 Å². The fourth-order valence-electron chi connectivity index (χ4n) is 1.89. The maximum Gasteiger partial charge on any atom is 0.326 e. The zero-order chi connectivity index (χ0) is 18.3. The van der Waals surface area contributed by atoms with Crippen LogP contribution in [0, 0.1) is 0 Å². The summed E-state index contributed by atoms with van der Waals surface area (Å²) in [6, 6.07) is 3.73. The first kappa shape index (κ1) is 19.8. The van der Waals surface area contributed by atoms with E-state index in [4.69, 9.17) is 5.11 Å². The van der Waals surface area contributed by atoms with Crippen molar-refractivity contribution in [1.82, 2.24) is 5.32 Å². The third-order valence-corrected chi connectivity index (χ3v) is 4.40. The fraction of sp³-hybridized carbons (Fsp3) is 0.429. The summed E-state index contributed by atoms with van der Waals surface area (Å²) in [4.78, 5) is 23.1. The highest BCUT2D eigenvalue weighted by molar-refractivity contribution is 7.92. The van der Waals surface area contributed by atoms with Crippen LogP contribution in [0.4, 0.5) is 14.5 Å². The van der Waals surface area contributed by atoms with Crippen LogP contribution in [-0.2, 0) is 14.8 Å². The molecular weight excluding hydrogens is 346 g/mol. The van der Waals surface area contributed by atoms with Crippen LogP contribution in [-0.4, -0.2) is 43.6 Å². The monoisotopic (exact) mass is 364 g/mol. The van der Waals surface area contributed by atoms with Gasteiger partial charge in [0.25, 0.3) is 5.91 Å². The van der Waals surface area contributed by atoms with Crippen LogP contribution in [0.15, 0.2) is 24.3 Å². The fourth-order valence-corrected chi connectivity index (χ4v) is 3.05. The van der Waals surface area contributed by atoms with Gasteiger partial charge in [-0.2, -0.15) is 0 Å². The van der Waals surface area contributed by atoms with E-state index in [1.807, 2.05) is 5.32 Å². The van der Waals surface area contributed by atoms with Gasteiger partial charge in [-0.3, -0.25) is 9.52 Å². The lowest BCUT2D eigenvalue weighted by atomic mass is 10.1. The van der Waals surface area contributed by atoms with Gasteiger partial charge in [0.15, 0.2) is 0 Å². The molecule has 0 saturated heterocycles. The average molecular weight is 364 g/mol. The molecule has 0 heterocycles. The number of nitrogens with one attached hydrogen (secondary N) is 2. The van der Waals surface area contributed by atoms with Crippen LogP contribution < -0.4 is 10.0 Å². The molecule has 0 spiro atoms. The van der Waals surface area contributed by atoms with Crippen molar-refractivity contribution in [3.05, 3.63) is 29.8 Å². The van der Waals surface area contributed by atoms with Crippen molar-refractivity contribution in [3.8, 4) is 0 Å². The molecule has 0 radical (unpaired) electrons. The van der Waals surface area contributed by atoms with E-state index in [0.29, 0.717) is 6.42 Å². The quantitative estimate of drug-likeness (QED) is 0.617. The van der Waals surface area contributed by atoms with E-state index in [1.165, 1.54) is 24.3 Å². The van der Waals surface area contributed by atoms with Gasteiger partial charge in [0.2, 0.25) is 16.4 Å². The topological polar surface area (TPSA) is 113 Å². The number of alkyl halides is 2. The van der Waals surface area contributed by atoms with Crippen LogP contribution >= 0.6 is 0 Å². The van der Waals surface area contributed by atoms with E-state index in [1.54, 1.807) is 6.92 Å². The smallest absolute Gasteiger partial charge is 0.326 e. The number of hydrogen-bond donors (Lipinski definition) is 3. The molecule has 0 aromatic heterocycles. The first-order valence-corrected chi connectivity index (χ1v) is 8.72.